The lowest BCUT2D eigenvalue weighted by atomic mass is 9.91. The van der Waals surface area contributed by atoms with E-state index in [1.165, 1.54) is 42.5 Å². The van der Waals surface area contributed by atoms with Crippen LogP contribution < -0.4 is 10.8 Å². The molecule has 1 atom stereocenters. The van der Waals surface area contributed by atoms with Gasteiger partial charge in [-0.25, -0.2) is 4.39 Å². The smallest absolute Gasteiger partial charge is 0.322 e. The normalized spacial score (nSPS) is 17.8. The Balaban J connectivity index is 1.66. The highest BCUT2D eigenvalue weighted by molar-refractivity contribution is 6.34. The Bertz CT molecular complexity index is 1270. The third-order valence-corrected chi connectivity index (χ3v) is 5.70. The average Bonchev–Trinajstić information content (AvgIpc) is 3.22. The zero-order valence-electron chi connectivity index (χ0n) is 17.4. The van der Waals surface area contributed by atoms with Crippen molar-refractivity contribution in [3.05, 3.63) is 105 Å². The maximum Gasteiger partial charge on any atom is 0.428 e. The van der Waals surface area contributed by atoms with Crippen LogP contribution in [-0.4, -0.2) is 12.1 Å². The first-order valence-corrected chi connectivity index (χ1v) is 10.6. The van der Waals surface area contributed by atoms with E-state index in [1.54, 1.807) is 13.0 Å². The van der Waals surface area contributed by atoms with Crippen LogP contribution in [0.5, 0.6) is 0 Å². The maximum absolute atomic E-state index is 14.2. The van der Waals surface area contributed by atoms with Gasteiger partial charge in [0.1, 0.15) is 5.82 Å². The molecule has 176 valence electrons. The summed E-state index contributed by atoms with van der Waals surface area (Å²) in [6.45, 7) is 1.65. The Morgan fingerprint density at radius 3 is 2.24 bits per heavy atom. The van der Waals surface area contributed by atoms with E-state index >= 15 is 0 Å². The molecule has 0 bridgehead atoms. The van der Waals surface area contributed by atoms with Crippen LogP contribution in [0.4, 0.5) is 23.2 Å². The molecule has 0 spiro atoms. The molecule has 1 amide bonds. The van der Waals surface area contributed by atoms with Crippen LogP contribution >= 0.6 is 23.2 Å². The minimum atomic E-state index is -4.83. The number of nitrogens with one attached hydrogen (secondary N) is 2. The van der Waals surface area contributed by atoms with Crippen LogP contribution in [-0.2, 0) is 10.4 Å². The van der Waals surface area contributed by atoms with Gasteiger partial charge in [0.15, 0.2) is 0 Å². The van der Waals surface area contributed by atoms with Crippen LogP contribution in [0.3, 0.4) is 0 Å². The van der Waals surface area contributed by atoms with E-state index in [9.17, 15) is 22.4 Å². The largest absolute Gasteiger partial charge is 0.428 e. The molecule has 1 aliphatic heterocycles. The molecule has 10 heteroatoms. The van der Waals surface area contributed by atoms with Gasteiger partial charge in [-0.2, -0.15) is 13.2 Å². The Hall–Kier alpha value is -3.07. The number of amides is 1. The lowest BCUT2D eigenvalue weighted by Crippen LogP contribution is -2.42. The molecule has 3 aromatic carbocycles. The summed E-state index contributed by atoms with van der Waals surface area (Å²) in [5.74, 6) is -0.883. The van der Waals surface area contributed by atoms with Gasteiger partial charge in [-0.3, -0.25) is 15.1 Å². The van der Waals surface area contributed by atoms with Gasteiger partial charge < -0.3 is 5.32 Å². The number of aryl methyl sites for hydroxylation is 1. The molecular weight excluding hydrogens is 495 g/mol. The van der Waals surface area contributed by atoms with Crippen LogP contribution in [0.15, 0.2) is 66.7 Å². The zero-order chi connectivity index (χ0) is 24.7. The average molecular weight is 511 g/mol. The molecule has 0 saturated carbocycles. The number of carbonyl (C=O) groups excluding carboxylic acids is 1. The predicted octanol–water partition coefficient (Wildman–Crippen LogP) is 7.03. The second kappa shape index (κ2) is 8.94. The van der Waals surface area contributed by atoms with E-state index in [0.29, 0.717) is 22.4 Å². The molecule has 1 aliphatic rings. The molecule has 1 heterocycles. The fourth-order valence-electron chi connectivity index (χ4n) is 3.57. The molecule has 0 radical (unpaired) electrons. The van der Waals surface area contributed by atoms with Crippen LogP contribution in [0.1, 0.15) is 27.0 Å². The second-order valence-corrected chi connectivity index (χ2v) is 8.52. The van der Waals surface area contributed by atoms with Gasteiger partial charge in [0.05, 0.1) is 5.70 Å². The molecule has 1 unspecified atom stereocenters. The van der Waals surface area contributed by atoms with Gasteiger partial charge >= 0.3 is 6.18 Å². The quantitative estimate of drug-likeness (QED) is 0.370. The lowest BCUT2D eigenvalue weighted by Gasteiger charge is -2.28. The number of hydroxylamine groups is 1. The van der Waals surface area contributed by atoms with E-state index in [4.69, 9.17) is 28.0 Å². The molecule has 0 fully saturated rings. The van der Waals surface area contributed by atoms with Gasteiger partial charge in [-0.1, -0.05) is 29.3 Å². The number of hydrogen-bond donors (Lipinski definition) is 2. The highest BCUT2D eigenvalue weighted by atomic mass is 35.5. The van der Waals surface area contributed by atoms with Crippen molar-refractivity contribution in [3.63, 3.8) is 0 Å². The summed E-state index contributed by atoms with van der Waals surface area (Å²) in [5, 5.41) is 2.71. The van der Waals surface area contributed by atoms with E-state index in [-0.39, 0.29) is 21.3 Å². The first-order valence-electron chi connectivity index (χ1n) is 9.87. The van der Waals surface area contributed by atoms with Crippen molar-refractivity contribution >= 4 is 40.5 Å². The van der Waals surface area contributed by atoms with Crippen LogP contribution in [0.2, 0.25) is 10.0 Å². The van der Waals surface area contributed by atoms with Gasteiger partial charge in [-0.05, 0) is 78.7 Å². The lowest BCUT2D eigenvalue weighted by molar-refractivity contribution is -0.269. The summed E-state index contributed by atoms with van der Waals surface area (Å²) >= 11 is 11.8. The van der Waals surface area contributed by atoms with Crippen LogP contribution in [0, 0.1) is 12.7 Å². The minimum absolute atomic E-state index is 0.0314. The zero-order valence-corrected chi connectivity index (χ0v) is 18.9. The van der Waals surface area contributed by atoms with Gasteiger partial charge in [0.25, 0.3) is 5.91 Å². The van der Waals surface area contributed by atoms with E-state index in [0.717, 1.165) is 18.2 Å². The summed E-state index contributed by atoms with van der Waals surface area (Å²) in [6.07, 6.45) is -3.93. The van der Waals surface area contributed by atoms with Gasteiger partial charge in [-0.15, -0.1) is 0 Å². The van der Waals surface area contributed by atoms with Crippen molar-refractivity contribution in [2.75, 3.05) is 5.32 Å². The Kier molecular flexibility index (Phi) is 6.33. The number of halogens is 6. The maximum atomic E-state index is 14.2. The first-order chi connectivity index (χ1) is 16.0. The number of carbonyl (C=O) groups is 1. The fourth-order valence-corrected chi connectivity index (χ4v) is 4.10. The summed E-state index contributed by atoms with van der Waals surface area (Å²) in [7, 11) is 0. The van der Waals surface area contributed by atoms with Crippen molar-refractivity contribution in [2.24, 2.45) is 0 Å². The molecule has 4 nitrogen and oxygen atoms in total. The van der Waals surface area contributed by atoms with Crippen molar-refractivity contribution in [3.8, 4) is 0 Å². The highest BCUT2D eigenvalue weighted by Gasteiger charge is 2.59. The first kappa shape index (κ1) is 24.1. The topological polar surface area (TPSA) is 50.4 Å². The van der Waals surface area contributed by atoms with Gasteiger partial charge in [0, 0.05) is 26.9 Å². The summed E-state index contributed by atoms with van der Waals surface area (Å²) in [6, 6.07) is 13.4. The van der Waals surface area contributed by atoms with E-state index in [1.807, 2.05) is 0 Å². The molecule has 3 aromatic rings. The number of alkyl halides is 3. The van der Waals surface area contributed by atoms with Gasteiger partial charge in [0.2, 0.25) is 5.60 Å². The second-order valence-electron chi connectivity index (χ2n) is 7.64. The minimum Gasteiger partial charge on any atom is -0.322 e. The molecule has 0 aromatic heterocycles. The van der Waals surface area contributed by atoms with Crippen molar-refractivity contribution in [2.45, 2.75) is 18.7 Å². The third kappa shape index (κ3) is 4.61. The monoisotopic (exact) mass is 510 g/mol. The Morgan fingerprint density at radius 2 is 1.65 bits per heavy atom. The fraction of sp³-hybridized carbons (Fsp3) is 0.125. The number of benzene rings is 3. The Labute approximate surface area is 202 Å². The predicted molar refractivity (Wildman–Crippen MR) is 122 cm³/mol. The molecular formula is C24H16Cl2F4N2O2. The van der Waals surface area contributed by atoms with Crippen molar-refractivity contribution in [1.82, 2.24) is 5.48 Å². The summed E-state index contributed by atoms with van der Waals surface area (Å²) in [4.78, 5) is 17.7. The standard InChI is InChI=1S/C24H16Cl2F4N2O2/c1-13-8-14(2-7-20(13)22(33)31-19-5-3-18(27)4-6-19)21-12-23(34-32-21,24(28,29)30)15-9-16(25)11-17(26)10-15/h2-12,32H,1H3,(H,31,33). The molecule has 34 heavy (non-hydrogen) atoms. The number of hydrogen-bond acceptors (Lipinski definition) is 3. The number of rotatable bonds is 4. The third-order valence-electron chi connectivity index (χ3n) is 5.27. The van der Waals surface area contributed by atoms with Crippen molar-refractivity contribution < 1.29 is 27.2 Å². The molecule has 0 saturated heterocycles. The number of anilines is 1. The van der Waals surface area contributed by atoms with E-state index in [2.05, 4.69) is 10.8 Å². The summed E-state index contributed by atoms with van der Waals surface area (Å²) in [5.41, 5.74) is 0.887. The summed E-state index contributed by atoms with van der Waals surface area (Å²) < 4.78 is 55.6. The molecule has 0 aliphatic carbocycles. The molecule has 2 N–H and O–H groups in total. The molecule has 4 rings (SSSR count). The SMILES string of the molecule is Cc1cc(C2=CC(c3cc(Cl)cc(Cl)c3)(C(F)(F)F)ON2)ccc1C(=O)Nc1ccc(F)cc1. The van der Waals surface area contributed by atoms with Crippen LogP contribution in [0.25, 0.3) is 5.70 Å². The Morgan fingerprint density at radius 1 is 1.00 bits per heavy atom. The van der Waals surface area contributed by atoms with Crippen molar-refractivity contribution in [1.29, 1.82) is 0 Å². The highest BCUT2D eigenvalue weighted by Crippen LogP contribution is 2.48. The van der Waals surface area contributed by atoms with E-state index < -0.39 is 23.5 Å².